The standard InChI is InChI=1S/C25H18N2O3/c1-16(25(28)29)30-24-12-21-20(11-22(24)18-5-3-2-4-6-18)14-27-15-23(21)19-9-7-17(13-26)8-10-19/h2-12,14-16H,1H3,(H,28,29)/t16-/m1/s1. The topological polar surface area (TPSA) is 83.2 Å². The van der Waals surface area contributed by atoms with Gasteiger partial charge in [0, 0.05) is 28.9 Å². The molecule has 3 aromatic carbocycles. The first-order valence-electron chi connectivity index (χ1n) is 9.44. The Labute approximate surface area is 173 Å². The van der Waals surface area contributed by atoms with Crippen LogP contribution in [0.3, 0.4) is 0 Å². The Morgan fingerprint density at radius 3 is 2.37 bits per heavy atom. The van der Waals surface area contributed by atoms with Gasteiger partial charge in [-0.15, -0.1) is 0 Å². The Hall–Kier alpha value is -4.17. The van der Waals surface area contributed by atoms with E-state index in [9.17, 15) is 9.90 Å². The van der Waals surface area contributed by atoms with Crippen LogP contribution in [-0.4, -0.2) is 22.2 Å². The van der Waals surface area contributed by atoms with Crippen LogP contribution in [0, 0.1) is 11.3 Å². The van der Waals surface area contributed by atoms with Crippen molar-refractivity contribution in [2.75, 3.05) is 0 Å². The number of benzene rings is 3. The summed E-state index contributed by atoms with van der Waals surface area (Å²) >= 11 is 0. The van der Waals surface area contributed by atoms with E-state index in [2.05, 4.69) is 11.1 Å². The number of carbonyl (C=O) groups is 1. The van der Waals surface area contributed by atoms with Crippen molar-refractivity contribution in [3.05, 3.63) is 84.7 Å². The first kappa shape index (κ1) is 19.2. The van der Waals surface area contributed by atoms with Crippen LogP contribution in [0.4, 0.5) is 0 Å². The van der Waals surface area contributed by atoms with E-state index in [-0.39, 0.29) is 0 Å². The molecule has 0 radical (unpaired) electrons. The minimum absolute atomic E-state index is 0.490. The van der Waals surface area contributed by atoms with Crippen molar-refractivity contribution in [1.82, 2.24) is 4.98 Å². The number of fused-ring (bicyclic) bond motifs is 1. The average Bonchev–Trinajstić information content (AvgIpc) is 2.79. The SMILES string of the molecule is C[C@@H](Oc1cc2c(-c3ccc(C#N)cc3)cncc2cc1-c1ccccc1)C(=O)O. The van der Waals surface area contributed by atoms with Crippen molar-refractivity contribution in [3.8, 4) is 34.1 Å². The summed E-state index contributed by atoms with van der Waals surface area (Å²) in [6.45, 7) is 1.51. The number of hydrogen-bond donors (Lipinski definition) is 1. The quantitative estimate of drug-likeness (QED) is 0.497. The van der Waals surface area contributed by atoms with Gasteiger partial charge in [-0.05, 0) is 47.7 Å². The largest absolute Gasteiger partial charge is 0.479 e. The van der Waals surface area contributed by atoms with E-state index in [1.54, 1.807) is 24.5 Å². The van der Waals surface area contributed by atoms with Gasteiger partial charge in [-0.2, -0.15) is 5.26 Å². The number of carboxylic acid groups (broad SMARTS) is 1. The van der Waals surface area contributed by atoms with E-state index in [4.69, 9.17) is 10.00 Å². The van der Waals surface area contributed by atoms with Gasteiger partial charge >= 0.3 is 5.97 Å². The highest BCUT2D eigenvalue weighted by Crippen LogP contribution is 2.38. The number of aromatic nitrogens is 1. The number of nitriles is 1. The van der Waals surface area contributed by atoms with Crippen LogP contribution in [0.15, 0.2) is 79.1 Å². The Morgan fingerprint density at radius 2 is 1.70 bits per heavy atom. The van der Waals surface area contributed by atoms with Crippen LogP contribution in [0.1, 0.15) is 12.5 Å². The predicted octanol–water partition coefficient (Wildman–Crippen LogP) is 5.29. The lowest BCUT2D eigenvalue weighted by molar-refractivity contribution is -0.144. The summed E-state index contributed by atoms with van der Waals surface area (Å²) in [6, 6.07) is 22.9. The van der Waals surface area contributed by atoms with Crippen LogP contribution < -0.4 is 4.74 Å². The molecule has 0 saturated heterocycles. The summed E-state index contributed by atoms with van der Waals surface area (Å²) in [4.78, 5) is 15.8. The Bertz CT molecular complexity index is 1260. The molecule has 0 saturated carbocycles. The zero-order valence-electron chi connectivity index (χ0n) is 16.2. The molecule has 0 aliphatic heterocycles. The maximum Gasteiger partial charge on any atom is 0.344 e. The number of carboxylic acids is 1. The zero-order chi connectivity index (χ0) is 21.1. The first-order valence-corrected chi connectivity index (χ1v) is 9.44. The molecule has 0 aliphatic carbocycles. The van der Waals surface area contributed by atoms with Gasteiger partial charge in [0.05, 0.1) is 11.6 Å². The lowest BCUT2D eigenvalue weighted by atomic mass is 9.96. The fraction of sp³-hybridized carbons (Fsp3) is 0.0800. The van der Waals surface area contributed by atoms with Crippen molar-refractivity contribution < 1.29 is 14.6 Å². The van der Waals surface area contributed by atoms with Crippen LogP contribution in [0.2, 0.25) is 0 Å². The van der Waals surface area contributed by atoms with Crippen LogP contribution in [0.25, 0.3) is 33.0 Å². The summed E-state index contributed by atoms with van der Waals surface area (Å²) in [7, 11) is 0. The van der Waals surface area contributed by atoms with Gasteiger partial charge in [0.15, 0.2) is 6.10 Å². The molecule has 0 spiro atoms. The van der Waals surface area contributed by atoms with E-state index in [1.165, 1.54) is 6.92 Å². The third kappa shape index (κ3) is 3.71. The van der Waals surface area contributed by atoms with Crippen molar-refractivity contribution >= 4 is 16.7 Å². The second-order valence-electron chi connectivity index (χ2n) is 6.91. The molecule has 1 aromatic heterocycles. The molecule has 0 aliphatic rings. The van der Waals surface area contributed by atoms with E-state index in [0.29, 0.717) is 11.3 Å². The number of nitrogens with zero attached hydrogens (tertiary/aromatic N) is 2. The highest BCUT2D eigenvalue weighted by molar-refractivity contribution is 5.99. The molecule has 0 amide bonds. The average molecular weight is 394 g/mol. The number of ether oxygens (including phenoxy) is 1. The van der Waals surface area contributed by atoms with E-state index >= 15 is 0 Å². The fourth-order valence-electron chi connectivity index (χ4n) is 3.33. The molecule has 1 N–H and O–H groups in total. The molecule has 0 fully saturated rings. The lowest BCUT2D eigenvalue weighted by Crippen LogP contribution is -2.23. The minimum atomic E-state index is -1.03. The number of hydrogen-bond acceptors (Lipinski definition) is 4. The van der Waals surface area contributed by atoms with Crippen molar-refractivity contribution in [1.29, 1.82) is 5.26 Å². The molecule has 5 heteroatoms. The predicted molar refractivity (Wildman–Crippen MR) is 115 cm³/mol. The third-order valence-corrected chi connectivity index (χ3v) is 4.92. The minimum Gasteiger partial charge on any atom is -0.479 e. The van der Waals surface area contributed by atoms with Crippen LogP contribution in [0.5, 0.6) is 5.75 Å². The monoisotopic (exact) mass is 394 g/mol. The van der Waals surface area contributed by atoms with Gasteiger partial charge in [-0.1, -0.05) is 42.5 Å². The van der Waals surface area contributed by atoms with Gasteiger partial charge in [-0.25, -0.2) is 4.79 Å². The Morgan fingerprint density at radius 1 is 1.00 bits per heavy atom. The highest BCUT2D eigenvalue weighted by Gasteiger charge is 2.18. The molecule has 146 valence electrons. The third-order valence-electron chi connectivity index (χ3n) is 4.92. The molecule has 0 unspecified atom stereocenters. The summed E-state index contributed by atoms with van der Waals surface area (Å²) in [6.07, 6.45) is 2.54. The van der Waals surface area contributed by atoms with Gasteiger partial charge < -0.3 is 9.84 Å². The molecule has 1 heterocycles. The molecular formula is C25H18N2O3. The second-order valence-corrected chi connectivity index (χ2v) is 6.91. The van der Waals surface area contributed by atoms with Crippen LogP contribution in [-0.2, 0) is 4.79 Å². The summed E-state index contributed by atoms with van der Waals surface area (Å²) in [5.41, 5.74) is 4.10. The fourth-order valence-corrected chi connectivity index (χ4v) is 3.33. The van der Waals surface area contributed by atoms with Crippen molar-refractivity contribution in [2.45, 2.75) is 13.0 Å². The van der Waals surface area contributed by atoms with Gasteiger partial charge in [-0.3, -0.25) is 4.98 Å². The van der Waals surface area contributed by atoms with E-state index < -0.39 is 12.1 Å². The zero-order valence-corrected chi connectivity index (χ0v) is 16.2. The highest BCUT2D eigenvalue weighted by atomic mass is 16.5. The molecular weight excluding hydrogens is 376 g/mol. The first-order chi connectivity index (χ1) is 14.6. The smallest absolute Gasteiger partial charge is 0.344 e. The molecule has 0 bridgehead atoms. The molecule has 30 heavy (non-hydrogen) atoms. The molecule has 1 atom stereocenters. The maximum atomic E-state index is 11.4. The summed E-state index contributed by atoms with van der Waals surface area (Å²) in [5, 5.41) is 20.2. The lowest BCUT2D eigenvalue weighted by Gasteiger charge is -2.17. The number of pyridine rings is 1. The van der Waals surface area contributed by atoms with Crippen molar-refractivity contribution in [3.63, 3.8) is 0 Å². The summed E-state index contributed by atoms with van der Waals surface area (Å²) < 4.78 is 5.83. The van der Waals surface area contributed by atoms with Crippen LogP contribution >= 0.6 is 0 Å². The normalized spacial score (nSPS) is 11.6. The number of rotatable bonds is 5. The second kappa shape index (κ2) is 8.06. The van der Waals surface area contributed by atoms with Crippen molar-refractivity contribution in [2.24, 2.45) is 0 Å². The Kier molecular flexibility index (Phi) is 5.15. The molecule has 4 rings (SSSR count). The van der Waals surface area contributed by atoms with Gasteiger partial charge in [0.1, 0.15) is 5.75 Å². The van der Waals surface area contributed by atoms with Gasteiger partial charge in [0.2, 0.25) is 0 Å². The van der Waals surface area contributed by atoms with Gasteiger partial charge in [0.25, 0.3) is 0 Å². The number of aliphatic carboxylic acids is 1. The van der Waals surface area contributed by atoms with E-state index in [1.807, 2.05) is 54.6 Å². The molecule has 5 nitrogen and oxygen atoms in total. The summed E-state index contributed by atoms with van der Waals surface area (Å²) in [5.74, 6) is -0.541. The molecule has 4 aromatic rings. The maximum absolute atomic E-state index is 11.4. The van der Waals surface area contributed by atoms with E-state index in [0.717, 1.165) is 33.0 Å². The Balaban J connectivity index is 1.92.